The zero-order valence-electron chi connectivity index (χ0n) is 9.95. The SMILES string of the molecule is COCC(NCCCc1cccs1)C1CC1. The van der Waals surface area contributed by atoms with Gasteiger partial charge in [-0.2, -0.15) is 0 Å². The second-order valence-corrected chi connectivity index (χ2v) is 5.57. The van der Waals surface area contributed by atoms with Crippen LogP contribution >= 0.6 is 11.3 Å². The molecule has 90 valence electrons. The lowest BCUT2D eigenvalue weighted by Crippen LogP contribution is -2.35. The van der Waals surface area contributed by atoms with Gasteiger partial charge in [0.15, 0.2) is 0 Å². The van der Waals surface area contributed by atoms with Crippen LogP contribution in [-0.2, 0) is 11.2 Å². The largest absolute Gasteiger partial charge is 0.383 e. The molecule has 0 aliphatic heterocycles. The van der Waals surface area contributed by atoms with Gasteiger partial charge in [-0.15, -0.1) is 11.3 Å². The first kappa shape index (κ1) is 12.1. The summed E-state index contributed by atoms with van der Waals surface area (Å²) in [6, 6.07) is 4.94. The minimum absolute atomic E-state index is 0.591. The summed E-state index contributed by atoms with van der Waals surface area (Å²) in [7, 11) is 1.79. The molecule has 0 saturated heterocycles. The van der Waals surface area contributed by atoms with Crippen molar-refractivity contribution in [1.29, 1.82) is 0 Å². The zero-order chi connectivity index (χ0) is 11.2. The number of hydrogen-bond donors (Lipinski definition) is 1. The van der Waals surface area contributed by atoms with E-state index < -0.39 is 0 Å². The van der Waals surface area contributed by atoms with E-state index in [2.05, 4.69) is 22.8 Å². The summed E-state index contributed by atoms with van der Waals surface area (Å²) in [6.07, 6.45) is 5.19. The third-order valence-electron chi connectivity index (χ3n) is 3.12. The molecule has 0 aromatic carbocycles. The van der Waals surface area contributed by atoms with Crippen LogP contribution in [0.1, 0.15) is 24.1 Å². The van der Waals surface area contributed by atoms with Gasteiger partial charge in [0.1, 0.15) is 0 Å². The van der Waals surface area contributed by atoms with Crippen LogP contribution in [0.4, 0.5) is 0 Å². The third-order valence-corrected chi connectivity index (χ3v) is 4.06. The monoisotopic (exact) mass is 239 g/mol. The molecule has 16 heavy (non-hydrogen) atoms. The Morgan fingerprint density at radius 2 is 2.44 bits per heavy atom. The minimum Gasteiger partial charge on any atom is -0.383 e. The van der Waals surface area contributed by atoms with Gasteiger partial charge >= 0.3 is 0 Å². The van der Waals surface area contributed by atoms with E-state index in [4.69, 9.17) is 4.74 Å². The summed E-state index contributed by atoms with van der Waals surface area (Å²) < 4.78 is 5.25. The average molecular weight is 239 g/mol. The first-order valence-electron chi connectivity index (χ1n) is 6.15. The second kappa shape index (κ2) is 6.38. The molecule has 1 atom stereocenters. The normalized spacial score (nSPS) is 17.6. The molecule has 0 spiro atoms. The Morgan fingerprint density at radius 3 is 3.06 bits per heavy atom. The van der Waals surface area contributed by atoms with Gasteiger partial charge in [-0.25, -0.2) is 0 Å². The molecule has 1 aromatic heterocycles. The third kappa shape index (κ3) is 3.89. The molecule has 1 heterocycles. The minimum atomic E-state index is 0.591. The highest BCUT2D eigenvalue weighted by molar-refractivity contribution is 7.09. The molecule has 0 amide bonds. The summed E-state index contributed by atoms with van der Waals surface area (Å²) in [5, 5.41) is 5.78. The molecule has 2 rings (SSSR count). The fourth-order valence-electron chi connectivity index (χ4n) is 2.04. The number of hydrogen-bond acceptors (Lipinski definition) is 3. The lowest BCUT2D eigenvalue weighted by atomic mass is 10.2. The smallest absolute Gasteiger partial charge is 0.0618 e. The summed E-state index contributed by atoms with van der Waals surface area (Å²) in [4.78, 5) is 1.50. The molecule has 1 N–H and O–H groups in total. The number of methoxy groups -OCH3 is 1. The molecular weight excluding hydrogens is 218 g/mol. The van der Waals surface area contributed by atoms with Gasteiger partial charge in [-0.3, -0.25) is 0 Å². The van der Waals surface area contributed by atoms with Crippen molar-refractivity contribution in [2.75, 3.05) is 20.3 Å². The number of aryl methyl sites for hydroxylation is 1. The van der Waals surface area contributed by atoms with E-state index in [0.29, 0.717) is 6.04 Å². The fourth-order valence-corrected chi connectivity index (χ4v) is 2.80. The van der Waals surface area contributed by atoms with Gasteiger partial charge in [0.2, 0.25) is 0 Å². The molecule has 3 heteroatoms. The van der Waals surface area contributed by atoms with Crippen molar-refractivity contribution in [3.8, 4) is 0 Å². The van der Waals surface area contributed by atoms with Crippen molar-refractivity contribution in [3.63, 3.8) is 0 Å². The molecule has 1 aromatic rings. The fraction of sp³-hybridized carbons (Fsp3) is 0.692. The lowest BCUT2D eigenvalue weighted by Gasteiger charge is -2.16. The Morgan fingerprint density at radius 1 is 1.56 bits per heavy atom. The molecular formula is C13H21NOS. The molecule has 1 aliphatic rings. The highest BCUT2D eigenvalue weighted by Crippen LogP contribution is 2.32. The summed E-state index contributed by atoms with van der Waals surface area (Å²) in [5.41, 5.74) is 0. The van der Waals surface area contributed by atoms with Crippen LogP contribution < -0.4 is 5.32 Å². The lowest BCUT2D eigenvalue weighted by molar-refractivity contribution is 0.157. The Hall–Kier alpha value is -0.380. The molecule has 1 fully saturated rings. The maximum atomic E-state index is 5.25. The standard InChI is InChI=1S/C13H21NOS/c1-15-10-13(11-6-7-11)14-8-2-4-12-5-3-9-16-12/h3,5,9,11,13-14H,2,4,6-8,10H2,1H3. The summed E-state index contributed by atoms with van der Waals surface area (Å²) >= 11 is 1.86. The van der Waals surface area contributed by atoms with Crippen molar-refractivity contribution >= 4 is 11.3 Å². The van der Waals surface area contributed by atoms with Gasteiger partial charge in [0, 0.05) is 18.0 Å². The van der Waals surface area contributed by atoms with E-state index >= 15 is 0 Å². The Labute approximate surface area is 102 Å². The van der Waals surface area contributed by atoms with Crippen LogP contribution in [0.3, 0.4) is 0 Å². The molecule has 0 bridgehead atoms. The summed E-state index contributed by atoms with van der Waals surface area (Å²) in [6.45, 7) is 1.98. The van der Waals surface area contributed by atoms with E-state index in [1.54, 1.807) is 7.11 Å². The van der Waals surface area contributed by atoms with Gasteiger partial charge in [0.25, 0.3) is 0 Å². The van der Waals surface area contributed by atoms with E-state index in [-0.39, 0.29) is 0 Å². The Kier molecular flexibility index (Phi) is 4.82. The Balaban J connectivity index is 1.59. The van der Waals surface area contributed by atoms with Gasteiger partial charge in [-0.05, 0) is 49.6 Å². The van der Waals surface area contributed by atoms with Crippen LogP contribution in [0.5, 0.6) is 0 Å². The molecule has 1 aliphatic carbocycles. The van der Waals surface area contributed by atoms with Crippen molar-refractivity contribution in [3.05, 3.63) is 22.4 Å². The van der Waals surface area contributed by atoms with Crippen molar-refractivity contribution < 1.29 is 4.74 Å². The van der Waals surface area contributed by atoms with Crippen molar-refractivity contribution in [2.45, 2.75) is 31.7 Å². The maximum absolute atomic E-state index is 5.25. The van der Waals surface area contributed by atoms with Gasteiger partial charge in [-0.1, -0.05) is 6.07 Å². The van der Waals surface area contributed by atoms with Crippen LogP contribution in [0.2, 0.25) is 0 Å². The van der Waals surface area contributed by atoms with E-state index in [1.807, 2.05) is 11.3 Å². The van der Waals surface area contributed by atoms with Crippen molar-refractivity contribution in [2.24, 2.45) is 5.92 Å². The van der Waals surface area contributed by atoms with Crippen LogP contribution in [0.15, 0.2) is 17.5 Å². The maximum Gasteiger partial charge on any atom is 0.0618 e. The predicted octanol–water partition coefficient (Wildman–Crippen LogP) is 2.70. The first-order chi connectivity index (χ1) is 7.90. The first-order valence-corrected chi connectivity index (χ1v) is 7.03. The van der Waals surface area contributed by atoms with Crippen LogP contribution in [0.25, 0.3) is 0 Å². The molecule has 0 radical (unpaired) electrons. The predicted molar refractivity (Wildman–Crippen MR) is 69.0 cm³/mol. The second-order valence-electron chi connectivity index (χ2n) is 4.54. The van der Waals surface area contributed by atoms with E-state index in [1.165, 1.54) is 30.6 Å². The highest BCUT2D eigenvalue weighted by Gasteiger charge is 2.30. The number of thiophene rings is 1. The molecule has 1 saturated carbocycles. The summed E-state index contributed by atoms with van der Waals surface area (Å²) in [5.74, 6) is 0.877. The number of nitrogens with one attached hydrogen (secondary N) is 1. The zero-order valence-corrected chi connectivity index (χ0v) is 10.8. The average Bonchev–Trinajstić information content (AvgIpc) is 3.01. The molecule has 2 nitrogen and oxygen atoms in total. The highest BCUT2D eigenvalue weighted by atomic mass is 32.1. The van der Waals surface area contributed by atoms with Crippen LogP contribution in [0, 0.1) is 5.92 Å². The Bertz CT molecular complexity index is 282. The quantitative estimate of drug-likeness (QED) is 0.704. The number of ether oxygens (including phenoxy) is 1. The number of rotatable bonds is 8. The van der Waals surface area contributed by atoms with E-state index in [0.717, 1.165) is 19.1 Å². The van der Waals surface area contributed by atoms with E-state index in [9.17, 15) is 0 Å². The van der Waals surface area contributed by atoms with Gasteiger partial charge in [0.05, 0.1) is 6.61 Å². The van der Waals surface area contributed by atoms with Crippen LogP contribution in [-0.4, -0.2) is 26.3 Å². The topological polar surface area (TPSA) is 21.3 Å². The molecule has 1 unspecified atom stereocenters. The van der Waals surface area contributed by atoms with Crippen molar-refractivity contribution in [1.82, 2.24) is 5.32 Å². The van der Waals surface area contributed by atoms with Gasteiger partial charge < -0.3 is 10.1 Å².